The molecule has 0 amide bonds. The molecule has 0 radical (unpaired) electrons. The molecule has 1 atom stereocenters. The van der Waals surface area contributed by atoms with Crippen molar-refractivity contribution in [3.63, 3.8) is 0 Å². The van der Waals surface area contributed by atoms with E-state index >= 15 is 14.4 Å². The molecular weight excluding hydrogens is 1010 g/mol. The van der Waals surface area contributed by atoms with E-state index in [2.05, 4.69) is 6.92 Å². The maximum atomic E-state index is 17.4. The van der Waals surface area contributed by atoms with Crippen LogP contribution in [-0.2, 0) is 58.3 Å². The van der Waals surface area contributed by atoms with E-state index in [0.717, 1.165) is 41.6 Å². The molecule has 0 heterocycles. The van der Waals surface area contributed by atoms with Crippen LogP contribution in [0, 0.1) is 0 Å². The van der Waals surface area contributed by atoms with Crippen molar-refractivity contribution in [1.29, 1.82) is 0 Å². The molecule has 0 bridgehead atoms. The Balaban J connectivity index is 1.28. The molecular formula is C72H62O6Ti. The van der Waals surface area contributed by atoms with Crippen LogP contribution in [0.3, 0.4) is 0 Å². The Labute approximate surface area is 468 Å². The van der Waals surface area contributed by atoms with E-state index in [4.69, 9.17) is 9.96 Å². The van der Waals surface area contributed by atoms with Crippen LogP contribution in [0.1, 0.15) is 96.5 Å². The van der Waals surface area contributed by atoms with Gasteiger partial charge in [-0.2, -0.15) is 0 Å². The molecule has 0 spiro atoms. The zero-order valence-corrected chi connectivity index (χ0v) is 46.3. The number of benzene rings is 9. The van der Waals surface area contributed by atoms with E-state index in [9.17, 15) is 0 Å². The van der Waals surface area contributed by atoms with Crippen molar-refractivity contribution in [2.75, 3.05) is 0 Å². The van der Waals surface area contributed by atoms with E-state index in [1.54, 1.807) is 0 Å². The molecule has 79 heavy (non-hydrogen) atoms. The molecule has 0 N–H and O–H groups in total. The van der Waals surface area contributed by atoms with Gasteiger partial charge in [-0.05, 0) is 0 Å². The first kappa shape index (κ1) is 52.6. The second-order valence-corrected chi connectivity index (χ2v) is 25.1. The Morgan fingerprint density at radius 2 is 0.544 bits per heavy atom. The van der Waals surface area contributed by atoms with Crippen LogP contribution >= 0.6 is 0 Å². The molecule has 390 valence electrons. The Hall–Kier alpha value is -8.42. The van der Waals surface area contributed by atoms with Crippen molar-refractivity contribution >= 4 is 17.9 Å². The fraction of sp³-hybridized carbons (Fsp3) is 0.153. The van der Waals surface area contributed by atoms with Gasteiger partial charge in [0.1, 0.15) is 0 Å². The molecule has 0 aliphatic heterocycles. The average Bonchev–Trinajstić information content (AvgIpc) is 3.83. The van der Waals surface area contributed by atoms with E-state index in [1.165, 1.54) is 0 Å². The first-order valence-corrected chi connectivity index (χ1v) is 29.9. The molecule has 7 heteroatoms. The predicted octanol–water partition coefficient (Wildman–Crippen LogP) is 16.0. The summed E-state index contributed by atoms with van der Waals surface area (Å²) in [5.41, 5.74) is 4.34. The molecule has 0 saturated heterocycles. The Bertz CT molecular complexity index is 3020. The Morgan fingerprint density at radius 1 is 0.342 bits per heavy atom. The van der Waals surface area contributed by atoms with Gasteiger partial charge in [0.25, 0.3) is 0 Å². The molecule has 0 saturated carbocycles. The Kier molecular flexibility index (Phi) is 14.8. The second kappa shape index (κ2) is 22.1. The molecule has 9 aromatic rings. The van der Waals surface area contributed by atoms with Gasteiger partial charge in [0, 0.05) is 0 Å². The van der Waals surface area contributed by atoms with Gasteiger partial charge in [-0.1, -0.05) is 0 Å². The minimum atomic E-state index is -6.51. The number of allylic oxidation sites excluding steroid dienone is 4. The van der Waals surface area contributed by atoms with Crippen LogP contribution in [0.4, 0.5) is 0 Å². The summed E-state index contributed by atoms with van der Waals surface area (Å²) in [6.07, 6.45) is 3.13. The third kappa shape index (κ3) is 8.75. The van der Waals surface area contributed by atoms with Gasteiger partial charge < -0.3 is 0 Å². The first-order chi connectivity index (χ1) is 38.6. The molecule has 1 unspecified atom stereocenters. The summed E-state index contributed by atoms with van der Waals surface area (Å²) in [6.45, 7) is 6.17. The normalized spacial score (nSPS) is 15.7. The summed E-state index contributed by atoms with van der Waals surface area (Å²) in [6, 6.07) is 86.4. The van der Waals surface area contributed by atoms with Gasteiger partial charge >= 0.3 is 472 Å². The van der Waals surface area contributed by atoms with Gasteiger partial charge in [0.05, 0.1) is 0 Å². The van der Waals surface area contributed by atoms with Crippen LogP contribution < -0.4 is 0 Å². The number of rotatable bonds is 16. The predicted molar refractivity (Wildman–Crippen MR) is 308 cm³/mol. The maximum absolute atomic E-state index is 17.4. The van der Waals surface area contributed by atoms with Crippen LogP contribution in [0.25, 0.3) is 0 Å². The van der Waals surface area contributed by atoms with Crippen molar-refractivity contribution in [2.45, 2.75) is 66.4 Å². The van der Waals surface area contributed by atoms with E-state index in [1.807, 2.05) is 287 Å². The van der Waals surface area contributed by atoms with Crippen LogP contribution in [0.15, 0.2) is 295 Å². The fourth-order valence-corrected chi connectivity index (χ4v) is 17.9. The number of carbonyl (C=O) groups excluding carboxylic acids is 3. The van der Waals surface area contributed by atoms with Crippen molar-refractivity contribution < 1.29 is 42.1 Å². The van der Waals surface area contributed by atoms with Crippen LogP contribution in [0.5, 0.6) is 0 Å². The average molecular weight is 1070 g/mol. The summed E-state index contributed by atoms with van der Waals surface area (Å²) in [5.74, 6) is -2.24. The van der Waals surface area contributed by atoms with Gasteiger partial charge in [-0.25, -0.2) is 0 Å². The topological polar surface area (TPSA) is 78.9 Å². The number of carbonyl (C=O) groups is 3. The summed E-state index contributed by atoms with van der Waals surface area (Å²) in [5, 5.41) is 0. The molecule has 0 aromatic heterocycles. The van der Waals surface area contributed by atoms with Crippen molar-refractivity contribution in [2.24, 2.45) is 0 Å². The summed E-state index contributed by atoms with van der Waals surface area (Å²) < 4.78 is 22.1. The van der Waals surface area contributed by atoms with Crippen LogP contribution in [0.2, 0.25) is 3.72 Å². The zero-order chi connectivity index (χ0) is 54.5. The molecule has 2 aliphatic carbocycles. The second-order valence-electron chi connectivity index (χ2n) is 20.8. The molecule has 11 rings (SSSR count). The third-order valence-electron chi connectivity index (χ3n) is 16.9. The van der Waals surface area contributed by atoms with Gasteiger partial charge in [-0.3, -0.25) is 0 Å². The van der Waals surface area contributed by atoms with Gasteiger partial charge in [0.2, 0.25) is 0 Å². The van der Waals surface area contributed by atoms with Gasteiger partial charge in [-0.15, -0.1) is 0 Å². The quantitative estimate of drug-likeness (QED) is 0.0709. The summed E-state index contributed by atoms with van der Waals surface area (Å²) >= 11 is -6.51. The van der Waals surface area contributed by atoms with Gasteiger partial charge in [0.15, 0.2) is 0 Å². The fourth-order valence-electron chi connectivity index (χ4n) is 12.8. The van der Waals surface area contributed by atoms with E-state index in [-0.39, 0.29) is 0 Å². The summed E-state index contributed by atoms with van der Waals surface area (Å²) in [7, 11) is 0. The minimum absolute atomic E-state index is 0.601. The standard InChI is InChI=1S/3C20H16O2.C12H17.Ti/c3*21-19(22)20(16-10-4-1-5-11-16,17-12-6-2-7-13-17)18-14-8-3-9-15-18;1-8-9(2)11-6-4-5-7-12(11)10(8)3;/h3*1-15H,(H,21,22);4-7H2,1-3H3;/q;;;;+3/p-3. The molecule has 9 aromatic carbocycles. The monoisotopic (exact) mass is 1070 g/mol. The van der Waals surface area contributed by atoms with E-state index in [0.29, 0.717) is 56.5 Å². The van der Waals surface area contributed by atoms with Crippen molar-refractivity contribution in [3.8, 4) is 0 Å². The summed E-state index contributed by atoms with van der Waals surface area (Å²) in [4.78, 5) is 52.3. The number of hydrogen-bond donors (Lipinski definition) is 0. The Morgan fingerprint density at radius 3 is 0.759 bits per heavy atom. The molecule has 2 aliphatic rings. The van der Waals surface area contributed by atoms with Crippen LogP contribution in [-0.4, -0.2) is 17.9 Å². The first-order valence-electron chi connectivity index (χ1n) is 27.2. The zero-order valence-electron chi connectivity index (χ0n) is 44.8. The van der Waals surface area contributed by atoms with Crippen molar-refractivity contribution in [1.82, 2.24) is 0 Å². The molecule has 0 fully saturated rings. The molecule has 6 nitrogen and oxygen atoms in total. The third-order valence-corrected chi connectivity index (χ3v) is 22.0. The van der Waals surface area contributed by atoms with E-state index < -0.39 is 55.6 Å². The van der Waals surface area contributed by atoms with Crippen molar-refractivity contribution in [3.05, 3.63) is 345 Å². The SMILES string of the molecule is CC1=C(C)[C](C)([Ti]([O]C(=O)C(c2ccccc2)(c2ccccc2)c2ccccc2)([O]C(=O)C(c2ccccc2)(c2ccccc2)c2ccccc2)[O]C(=O)C(c2ccccc2)(c2ccccc2)c2ccccc2)C2=C1CCCC2. The number of hydrogen-bond acceptors (Lipinski definition) is 6.